The zero-order valence-electron chi connectivity index (χ0n) is 20.0. The highest BCUT2D eigenvalue weighted by Crippen LogP contribution is 2.35. The maximum absolute atomic E-state index is 12.4. The summed E-state index contributed by atoms with van der Waals surface area (Å²) in [4.78, 5) is 51.4. The van der Waals surface area contributed by atoms with E-state index < -0.39 is 23.5 Å². The summed E-state index contributed by atoms with van der Waals surface area (Å²) in [5.74, 6) is -1.47. The third kappa shape index (κ3) is 5.96. The van der Waals surface area contributed by atoms with Crippen LogP contribution in [-0.4, -0.2) is 78.8 Å². The molecule has 0 aromatic heterocycles. The van der Waals surface area contributed by atoms with Crippen LogP contribution < -0.4 is 20.3 Å². The molecule has 0 spiro atoms. The van der Waals surface area contributed by atoms with Gasteiger partial charge in [-0.2, -0.15) is 0 Å². The number of carboxylic acids is 1. The number of hydrogen-bond acceptors (Lipinski definition) is 8. The molecule has 0 saturated carbocycles. The van der Waals surface area contributed by atoms with Gasteiger partial charge in [0.25, 0.3) is 0 Å². The number of imide groups is 1. The second-order valence-electron chi connectivity index (χ2n) is 9.29. The number of amides is 3. The molecule has 2 aliphatic rings. The maximum atomic E-state index is 12.4. The minimum Gasteiger partial charge on any atom is -0.494 e. The van der Waals surface area contributed by atoms with Crippen molar-refractivity contribution in [3.8, 4) is 5.75 Å². The molecule has 3 rings (SSSR count). The molecule has 2 heterocycles. The third-order valence-corrected chi connectivity index (χ3v) is 5.71. The lowest BCUT2D eigenvalue weighted by Crippen LogP contribution is -2.50. The first kappa shape index (κ1) is 25.3. The van der Waals surface area contributed by atoms with E-state index in [4.69, 9.17) is 9.47 Å². The number of piperidine rings is 1. The summed E-state index contributed by atoms with van der Waals surface area (Å²) < 4.78 is 11.1. The molecule has 0 aliphatic carbocycles. The van der Waals surface area contributed by atoms with Crippen molar-refractivity contribution in [1.82, 2.24) is 15.5 Å². The van der Waals surface area contributed by atoms with Crippen molar-refractivity contribution in [2.24, 2.45) is 0 Å². The number of anilines is 1. The fraction of sp³-hybridized carbons (Fsp3) is 0.565. The normalized spacial score (nSPS) is 19.0. The molecule has 0 bridgehead atoms. The van der Waals surface area contributed by atoms with Crippen LogP contribution in [-0.2, 0) is 20.9 Å². The topological polar surface area (TPSA) is 138 Å². The van der Waals surface area contributed by atoms with Gasteiger partial charge in [0.15, 0.2) is 0 Å². The molecule has 34 heavy (non-hydrogen) atoms. The smallest absolute Gasteiger partial charge is 0.410 e. The molecule has 1 aromatic carbocycles. The van der Waals surface area contributed by atoms with E-state index >= 15 is 0 Å². The Hall–Kier alpha value is -3.34. The predicted octanol–water partition coefficient (Wildman–Crippen LogP) is 1.35. The summed E-state index contributed by atoms with van der Waals surface area (Å²) in [6.45, 7) is 7.46. The van der Waals surface area contributed by atoms with E-state index in [1.165, 1.54) is 13.2 Å². The van der Waals surface area contributed by atoms with E-state index in [1.807, 2.05) is 25.7 Å². The van der Waals surface area contributed by atoms with Gasteiger partial charge in [0.05, 0.1) is 24.4 Å². The molecular formula is C23H32N4O7. The SMILES string of the molecule is COc1c(N2CCN(C(=O)OC(C)(C)C)CC2)ccc(C(=O)O)c1CNC1CCC(=O)NC1=O. The molecule has 186 valence electrons. The molecule has 2 fully saturated rings. The van der Waals surface area contributed by atoms with Gasteiger partial charge in [-0.3, -0.25) is 14.9 Å². The number of hydrogen-bond donors (Lipinski definition) is 3. The van der Waals surface area contributed by atoms with Crippen LogP contribution in [0.3, 0.4) is 0 Å². The van der Waals surface area contributed by atoms with Crippen LogP contribution in [0.5, 0.6) is 5.75 Å². The van der Waals surface area contributed by atoms with Gasteiger partial charge in [-0.15, -0.1) is 0 Å². The van der Waals surface area contributed by atoms with Crippen LogP contribution in [0.4, 0.5) is 10.5 Å². The van der Waals surface area contributed by atoms with Gasteiger partial charge in [-0.25, -0.2) is 9.59 Å². The Kier molecular flexibility index (Phi) is 7.65. The van der Waals surface area contributed by atoms with Gasteiger partial charge in [0.1, 0.15) is 11.4 Å². The van der Waals surface area contributed by atoms with Crippen molar-refractivity contribution in [3.63, 3.8) is 0 Å². The van der Waals surface area contributed by atoms with Crippen molar-refractivity contribution in [2.45, 2.75) is 51.8 Å². The molecule has 1 unspecified atom stereocenters. The highest BCUT2D eigenvalue weighted by Gasteiger charge is 2.30. The van der Waals surface area contributed by atoms with Crippen LogP contribution >= 0.6 is 0 Å². The average molecular weight is 477 g/mol. The first-order chi connectivity index (χ1) is 16.0. The summed E-state index contributed by atoms with van der Waals surface area (Å²) in [5, 5.41) is 15.1. The van der Waals surface area contributed by atoms with Crippen molar-refractivity contribution in [3.05, 3.63) is 23.3 Å². The number of carbonyl (C=O) groups is 4. The Morgan fingerprint density at radius 3 is 2.41 bits per heavy atom. The molecule has 3 N–H and O–H groups in total. The molecule has 11 heteroatoms. The minimum atomic E-state index is -1.11. The van der Waals surface area contributed by atoms with Crippen molar-refractivity contribution < 1.29 is 33.8 Å². The first-order valence-electron chi connectivity index (χ1n) is 11.2. The van der Waals surface area contributed by atoms with Crippen molar-refractivity contribution in [1.29, 1.82) is 0 Å². The number of piperazine rings is 1. The Labute approximate surface area is 198 Å². The number of benzene rings is 1. The van der Waals surface area contributed by atoms with Crippen LogP contribution in [0, 0.1) is 0 Å². The Bertz CT molecular complexity index is 965. The average Bonchev–Trinajstić information content (AvgIpc) is 2.76. The Morgan fingerprint density at radius 2 is 1.85 bits per heavy atom. The van der Waals surface area contributed by atoms with E-state index in [2.05, 4.69) is 10.6 Å². The van der Waals surface area contributed by atoms with Gasteiger partial charge in [0.2, 0.25) is 11.8 Å². The fourth-order valence-electron chi connectivity index (χ4n) is 4.04. The van der Waals surface area contributed by atoms with Crippen LogP contribution in [0.15, 0.2) is 12.1 Å². The molecule has 1 aromatic rings. The lowest BCUT2D eigenvalue weighted by molar-refractivity contribution is -0.134. The lowest BCUT2D eigenvalue weighted by atomic mass is 10.0. The zero-order chi connectivity index (χ0) is 25.0. The molecule has 3 amide bonds. The van der Waals surface area contributed by atoms with Gasteiger partial charge in [-0.05, 0) is 39.3 Å². The summed E-state index contributed by atoms with van der Waals surface area (Å²) in [7, 11) is 1.47. The van der Waals surface area contributed by atoms with E-state index in [1.54, 1.807) is 11.0 Å². The van der Waals surface area contributed by atoms with E-state index in [-0.39, 0.29) is 30.5 Å². The molecule has 0 radical (unpaired) electrons. The number of aromatic carboxylic acids is 1. The number of nitrogens with one attached hydrogen (secondary N) is 2. The fourth-order valence-corrected chi connectivity index (χ4v) is 4.04. The summed E-state index contributed by atoms with van der Waals surface area (Å²) in [6, 6.07) is 2.60. The van der Waals surface area contributed by atoms with Gasteiger partial charge in [0, 0.05) is 44.7 Å². The summed E-state index contributed by atoms with van der Waals surface area (Å²) in [5.41, 5.74) is 0.602. The first-order valence-corrected chi connectivity index (χ1v) is 11.2. The molecule has 2 saturated heterocycles. The Morgan fingerprint density at radius 1 is 1.18 bits per heavy atom. The maximum Gasteiger partial charge on any atom is 0.410 e. The van der Waals surface area contributed by atoms with E-state index in [0.717, 1.165) is 0 Å². The van der Waals surface area contributed by atoms with Crippen LogP contribution in [0.25, 0.3) is 0 Å². The second kappa shape index (κ2) is 10.3. The quantitative estimate of drug-likeness (QED) is 0.519. The number of carbonyl (C=O) groups excluding carboxylic acids is 3. The third-order valence-electron chi connectivity index (χ3n) is 5.71. The van der Waals surface area contributed by atoms with Gasteiger partial charge < -0.3 is 29.7 Å². The summed E-state index contributed by atoms with van der Waals surface area (Å²) in [6.07, 6.45) is 0.185. The molecule has 11 nitrogen and oxygen atoms in total. The summed E-state index contributed by atoms with van der Waals surface area (Å²) >= 11 is 0. The van der Waals surface area contributed by atoms with Crippen molar-refractivity contribution in [2.75, 3.05) is 38.2 Å². The largest absolute Gasteiger partial charge is 0.494 e. The van der Waals surface area contributed by atoms with Crippen LogP contribution in [0.2, 0.25) is 0 Å². The van der Waals surface area contributed by atoms with E-state index in [0.29, 0.717) is 49.6 Å². The zero-order valence-corrected chi connectivity index (χ0v) is 20.0. The highest BCUT2D eigenvalue weighted by molar-refractivity contribution is 6.00. The molecule has 1 atom stereocenters. The molecular weight excluding hydrogens is 444 g/mol. The van der Waals surface area contributed by atoms with E-state index in [9.17, 15) is 24.3 Å². The number of carboxylic acid groups (broad SMARTS) is 1. The lowest BCUT2D eigenvalue weighted by Gasteiger charge is -2.37. The number of methoxy groups -OCH3 is 1. The standard InChI is InChI=1S/C23H32N4O7/c1-23(2,3)34-22(32)27-11-9-26(10-12-27)17-7-5-14(21(30)31)15(19(17)33-4)13-24-16-6-8-18(28)25-20(16)29/h5,7,16,24H,6,8-13H2,1-4H3,(H,30,31)(H,25,28,29). The Balaban J connectivity index is 1.77. The highest BCUT2D eigenvalue weighted by atomic mass is 16.6. The van der Waals surface area contributed by atoms with Crippen LogP contribution in [0.1, 0.15) is 49.5 Å². The van der Waals surface area contributed by atoms with Gasteiger partial charge in [-0.1, -0.05) is 0 Å². The predicted molar refractivity (Wildman–Crippen MR) is 123 cm³/mol. The number of ether oxygens (including phenoxy) is 2. The van der Waals surface area contributed by atoms with Crippen molar-refractivity contribution >= 4 is 29.6 Å². The second-order valence-corrected chi connectivity index (χ2v) is 9.29. The monoisotopic (exact) mass is 476 g/mol. The number of rotatable bonds is 6. The molecule has 2 aliphatic heterocycles. The minimum absolute atomic E-state index is 0.0628. The van der Waals surface area contributed by atoms with Gasteiger partial charge >= 0.3 is 12.1 Å². The number of nitrogens with zero attached hydrogens (tertiary/aromatic N) is 2.